The molecule has 0 aromatic rings. The van der Waals surface area contributed by atoms with Crippen molar-refractivity contribution in [3.05, 3.63) is 0 Å². The second kappa shape index (κ2) is 5.23. The van der Waals surface area contributed by atoms with E-state index in [0.717, 1.165) is 0 Å². The van der Waals surface area contributed by atoms with Crippen molar-refractivity contribution in [2.45, 2.75) is 2.14 Å². The molecule has 0 saturated heterocycles. The van der Waals surface area contributed by atoms with Crippen molar-refractivity contribution in [3.8, 4) is 0 Å². The van der Waals surface area contributed by atoms with Gasteiger partial charge in [-0.1, -0.05) is 47.8 Å². The minimum absolute atomic E-state index is 0. The summed E-state index contributed by atoms with van der Waals surface area (Å²) >= 11 is 8.14. The minimum atomic E-state index is -1.26. The molecule has 0 rings (SSSR count). The van der Waals surface area contributed by atoms with Gasteiger partial charge in [0.2, 0.25) is 0 Å². The molecule has 0 saturated carbocycles. The number of hydrogen-bond donors (Lipinski definition) is 0. The molecule has 0 unspecified atom stereocenters. The Kier molecular flexibility index (Phi) is 8.60. The van der Waals surface area contributed by atoms with Crippen molar-refractivity contribution in [2.24, 2.45) is 0 Å². The average Bonchev–Trinajstić information content (AvgIpc) is 1.31. The maximum atomic E-state index is 9.77. The van der Waals surface area contributed by atoms with E-state index in [9.17, 15) is 9.90 Å². The van der Waals surface area contributed by atoms with Gasteiger partial charge in [0.15, 0.2) is 2.14 Å². The van der Waals surface area contributed by atoms with Gasteiger partial charge < -0.3 is 9.90 Å². The molecule has 0 N–H and O–H groups in total. The monoisotopic (exact) mass is 332 g/mol. The van der Waals surface area contributed by atoms with Crippen LogP contribution in [0.15, 0.2) is 0 Å². The largest absolute Gasteiger partial charge is 1.00 e. The van der Waals surface area contributed by atoms with Crippen LogP contribution in [0.25, 0.3) is 0 Å². The van der Waals surface area contributed by atoms with Crippen molar-refractivity contribution in [2.75, 3.05) is 0 Å². The van der Waals surface area contributed by atoms with Crippen LogP contribution >= 0.6 is 47.8 Å². The van der Waals surface area contributed by atoms with Gasteiger partial charge in [0, 0.05) is 0 Å². The van der Waals surface area contributed by atoms with Crippen molar-refractivity contribution in [1.29, 1.82) is 0 Å². The number of hydrogen-bond acceptors (Lipinski definition) is 2. The van der Waals surface area contributed by atoms with E-state index in [1.54, 1.807) is 0 Å². The maximum absolute atomic E-state index is 9.77. The first-order chi connectivity index (χ1) is 2.94. The second-order valence-electron chi connectivity index (χ2n) is 0.785. The summed E-state index contributed by atoms with van der Waals surface area (Å²) in [6.07, 6.45) is 0. The molecule has 0 fully saturated rings. The quantitative estimate of drug-likeness (QED) is 0.365. The number of carbonyl (C=O) groups is 1. The Hall–Kier alpha value is 2.55. The second-order valence-corrected chi connectivity index (χ2v) is 7.55. The molecule has 42 valence electrons. The van der Waals surface area contributed by atoms with E-state index in [4.69, 9.17) is 0 Å². The van der Waals surface area contributed by atoms with Gasteiger partial charge in [-0.2, -0.15) is 0 Å². The fourth-order valence-corrected chi connectivity index (χ4v) is 0. The molecule has 0 spiro atoms. The average molecular weight is 335 g/mol. The molecule has 0 heterocycles. The summed E-state index contributed by atoms with van der Waals surface area (Å²) < 4.78 is -1.26. The van der Waals surface area contributed by atoms with E-state index in [2.05, 4.69) is 47.8 Å². The Bertz CT molecular complexity index is 87.8. The molecule has 0 aliphatic rings. The summed E-state index contributed by atoms with van der Waals surface area (Å²) in [5, 5.41) is 9.77. The third-order valence-electron chi connectivity index (χ3n) is 0.231. The van der Waals surface area contributed by atoms with Gasteiger partial charge in [-0.25, -0.2) is 0 Å². The summed E-state index contributed by atoms with van der Waals surface area (Å²) in [4.78, 5) is 9.77. The van der Waals surface area contributed by atoms with Gasteiger partial charge in [-0.15, -0.1) is 0 Å². The fourth-order valence-electron chi connectivity index (χ4n) is 0. The summed E-state index contributed by atoms with van der Waals surface area (Å²) in [5.41, 5.74) is 0. The molecule has 0 aliphatic carbocycles. The summed E-state index contributed by atoms with van der Waals surface area (Å²) in [6.45, 7) is 0. The molecule has 0 aromatic heterocycles. The predicted molar refractivity (Wildman–Crippen MR) is 34.5 cm³/mol. The normalized spacial score (nSPS) is 9.88. The zero-order chi connectivity index (χ0) is 6.08. The number of halogens is 3. The van der Waals surface area contributed by atoms with Crippen molar-refractivity contribution in [3.63, 3.8) is 0 Å². The molecule has 2 nitrogen and oxygen atoms in total. The van der Waals surface area contributed by atoms with Crippen LogP contribution in [0, 0.1) is 0 Å². The van der Waals surface area contributed by atoms with Gasteiger partial charge in [0.1, 0.15) is 0 Å². The number of aliphatic carboxylic acids is 1. The Balaban J connectivity index is 0. The molecule has 0 bridgehead atoms. The van der Waals surface area contributed by atoms with Crippen LogP contribution in [0.3, 0.4) is 0 Å². The summed E-state index contributed by atoms with van der Waals surface area (Å²) in [5.74, 6) is -1.26. The van der Waals surface area contributed by atoms with Crippen LogP contribution in [0.4, 0.5) is 0 Å². The van der Waals surface area contributed by atoms with E-state index in [-0.39, 0.29) is 51.4 Å². The van der Waals surface area contributed by atoms with E-state index in [0.29, 0.717) is 0 Å². The topological polar surface area (TPSA) is 40.1 Å². The number of carboxylic acid groups (broad SMARTS) is 1. The molecule has 0 amide bonds. The zero-order valence-electron chi connectivity index (χ0n) is 3.95. The van der Waals surface area contributed by atoms with E-state index < -0.39 is 8.11 Å². The predicted octanol–water partition coefficient (Wildman–Crippen LogP) is -2.42. The van der Waals surface area contributed by atoms with E-state index in [1.807, 2.05) is 0 Å². The molecule has 0 aliphatic heterocycles. The first-order valence-electron chi connectivity index (χ1n) is 1.23. The van der Waals surface area contributed by atoms with Crippen LogP contribution < -0.4 is 56.5 Å². The molecule has 0 radical (unpaired) electrons. The molecular weight excluding hydrogens is 335 g/mol. The van der Waals surface area contributed by atoms with Gasteiger partial charge in [0.05, 0.1) is 5.97 Å². The van der Waals surface area contributed by atoms with Crippen molar-refractivity contribution < 1.29 is 61.3 Å². The van der Waals surface area contributed by atoms with Gasteiger partial charge in [-0.3, -0.25) is 0 Å². The fraction of sp³-hybridized carbons (Fsp3) is 0.500. The van der Waals surface area contributed by atoms with Crippen LogP contribution in [0.5, 0.6) is 0 Å². The third-order valence-corrected chi connectivity index (χ3v) is 1.20. The van der Waals surface area contributed by atoms with E-state index >= 15 is 0 Å². The molecular formula is C2Br3KO2. The van der Waals surface area contributed by atoms with Crippen LogP contribution in [0.2, 0.25) is 0 Å². The smallest absolute Gasteiger partial charge is 0.547 e. The number of alkyl halides is 3. The van der Waals surface area contributed by atoms with Crippen molar-refractivity contribution >= 4 is 53.8 Å². The van der Waals surface area contributed by atoms with E-state index in [1.165, 1.54) is 0 Å². The summed E-state index contributed by atoms with van der Waals surface area (Å²) in [6, 6.07) is 0. The Morgan fingerprint density at radius 3 is 1.50 bits per heavy atom. The SMILES string of the molecule is O=C([O-])C(Br)(Br)Br.[K+]. The molecule has 6 heteroatoms. The van der Waals surface area contributed by atoms with Gasteiger partial charge >= 0.3 is 51.4 Å². The number of carboxylic acids is 1. The Labute approximate surface area is 115 Å². The first kappa shape index (κ1) is 13.2. The Morgan fingerprint density at radius 1 is 1.38 bits per heavy atom. The third kappa shape index (κ3) is 6.66. The number of carbonyl (C=O) groups excluding carboxylic acids is 1. The van der Waals surface area contributed by atoms with Gasteiger partial charge in [-0.05, 0) is 0 Å². The molecule has 0 atom stereocenters. The Morgan fingerprint density at radius 2 is 1.50 bits per heavy atom. The van der Waals surface area contributed by atoms with Gasteiger partial charge in [0.25, 0.3) is 0 Å². The van der Waals surface area contributed by atoms with Crippen LogP contribution in [-0.4, -0.2) is 8.11 Å². The maximum Gasteiger partial charge on any atom is 1.00 e. The first-order valence-corrected chi connectivity index (χ1v) is 3.60. The minimum Gasteiger partial charge on any atom is -0.547 e. The van der Waals surface area contributed by atoms with Crippen LogP contribution in [-0.2, 0) is 4.79 Å². The standard InChI is InChI=1S/C2HBr3O2.K/c3-2(4,5)1(6)7;/h(H,6,7);/q;+1/p-1. The summed E-state index contributed by atoms with van der Waals surface area (Å²) in [7, 11) is 0. The molecule has 8 heavy (non-hydrogen) atoms. The zero-order valence-corrected chi connectivity index (χ0v) is 11.8. The van der Waals surface area contributed by atoms with Crippen LogP contribution in [0.1, 0.15) is 0 Å². The molecule has 0 aromatic carbocycles. The number of rotatable bonds is 0. The van der Waals surface area contributed by atoms with Crippen molar-refractivity contribution in [1.82, 2.24) is 0 Å².